The van der Waals surface area contributed by atoms with Crippen LogP contribution in [-0.4, -0.2) is 18.1 Å². The maximum atomic E-state index is 3.62. The molecule has 1 fully saturated rings. The number of fused-ring (bicyclic) bond motifs is 1. The van der Waals surface area contributed by atoms with Crippen LogP contribution >= 0.6 is 11.8 Å². The number of anilines is 1. The molecule has 17 heavy (non-hydrogen) atoms. The van der Waals surface area contributed by atoms with E-state index in [2.05, 4.69) is 59.5 Å². The highest BCUT2D eigenvalue weighted by Crippen LogP contribution is 2.26. The molecule has 0 spiro atoms. The zero-order valence-electron chi connectivity index (χ0n) is 9.86. The highest BCUT2D eigenvalue weighted by atomic mass is 32.2. The van der Waals surface area contributed by atoms with Crippen LogP contribution in [0.2, 0.25) is 0 Å². The van der Waals surface area contributed by atoms with E-state index in [1.807, 2.05) is 0 Å². The molecule has 1 heterocycles. The van der Waals surface area contributed by atoms with Crippen molar-refractivity contribution in [2.24, 2.45) is 5.92 Å². The summed E-state index contributed by atoms with van der Waals surface area (Å²) in [5.74, 6) is 3.50. The average molecular weight is 243 g/mol. The molecule has 1 aliphatic rings. The van der Waals surface area contributed by atoms with Gasteiger partial charge in [0, 0.05) is 17.6 Å². The zero-order valence-corrected chi connectivity index (χ0v) is 10.7. The quantitative estimate of drug-likeness (QED) is 0.874. The molecule has 1 N–H and O–H groups in total. The van der Waals surface area contributed by atoms with E-state index in [0.29, 0.717) is 0 Å². The fourth-order valence-electron chi connectivity index (χ4n) is 2.38. The molecule has 1 atom stereocenters. The van der Waals surface area contributed by atoms with Crippen LogP contribution in [0.5, 0.6) is 0 Å². The lowest BCUT2D eigenvalue weighted by Crippen LogP contribution is -2.13. The lowest BCUT2D eigenvalue weighted by molar-refractivity contribution is 0.632. The summed E-state index contributed by atoms with van der Waals surface area (Å²) < 4.78 is 0. The van der Waals surface area contributed by atoms with Crippen molar-refractivity contribution in [3.05, 3.63) is 42.5 Å². The largest absolute Gasteiger partial charge is 0.384 e. The van der Waals surface area contributed by atoms with Crippen LogP contribution in [0.25, 0.3) is 10.8 Å². The molecule has 88 valence electrons. The molecule has 0 saturated carbocycles. The van der Waals surface area contributed by atoms with Gasteiger partial charge in [-0.15, -0.1) is 0 Å². The predicted octanol–water partition coefficient (Wildman–Crippen LogP) is 4.00. The summed E-state index contributed by atoms with van der Waals surface area (Å²) in [4.78, 5) is 0. The molecule has 1 saturated heterocycles. The Labute approximate surface area is 107 Å². The minimum Gasteiger partial charge on any atom is -0.384 e. The van der Waals surface area contributed by atoms with Crippen LogP contribution < -0.4 is 5.32 Å². The number of nitrogens with one attached hydrogen (secondary N) is 1. The first kappa shape index (κ1) is 11.0. The molecule has 0 aromatic heterocycles. The van der Waals surface area contributed by atoms with Gasteiger partial charge in [-0.3, -0.25) is 0 Å². The Kier molecular flexibility index (Phi) is 3.23. The summed E-state index contributed by atoms with van der Waals surface area (Å²) in [6.07, 6.45) is 1.36. The number of benzene rings is 2. The summed E-state index contributed by atoms with van der Waals surface area (Å²) in [7, 11) is 0. The number of hydrogen-bond donors (Lipinski definition) is 1. The van der Waals surface area contributed by atoms with E-state index in [1.54, 1.807) is 0 Å². The Morgan fingerprint density at radius 3 is 2.88 bits per heavy atom. The van der Waals surface area contributed by atoms with Gasteiger partial charge in [0.1, 0.15) is 0 Å². The highest BCUT2D eigenvalue weighted by Gasteiger charge is 2.15. The van der Waals surface area contributed by atoms with Gasteiger partial charge in [-0.25, -0.2) is 0 Å². The Morgan fingerprint density at radius 2 is 2.00 bits per heavy atom. The van der Waals surface area contributed by atoms with Crippen molar-refractivity contribution in [3.63, 3.8) is 0 Å². The van der Waals surface area contributed by atoms with Gasteiger partial charge in [-0.2, -0.15) is 11.8 Å². The van der Waals surface area contributed by atoms with Gasteiger partial charge in [0.05, 0.1) is 0 Å². The van der Waals surface area contributed by atoms with Crippen molar-refractivity contribution in [1.82, 2.24) is 0 Å². The van der Waals surface area contributed by atoms with Crippen LogP contribution in [0.3, 0.4) is 0 Å². The van der Waals surface area contributed by atoms with Gasteiger partial charge < -0.3 is 5.32 Å². The van der Waals surface area contributed by atoms with Crippen molar-refractivity contribution in [2.75, 3.05) is 23.4 Å². The molecule has 0 bridgehead atoms. The van der Waals surface area contributed by atoms with E-state index in [0.717, 1.165) is 12.5 Å². The molecule has 1 unspecified atom stereocenters. The minimum atomic E-state index is 0.846. The highest BCUT2D eigenvalue weighted by molar-refractivity contribution is 7.99. The van der Waals surface area contributed by atoms with Crippen molar-refractivity contribution >= 4 is 28.2 Å². The fraction of sp³-hybridized carbons (Fsp3) is 0.333. The van der Waals surface area contributed by atoms with Crippen LogP contribution in [0.15, 0.2) is 42.5 Å². The van der Waals surface area contributed by atoms with Crippen LogP contribution in [0.1, 0.15) is 6.42 Å². The Balaban J connectivity index is 1.79. The molecule has 3 rings (SSSR count). The lowest BCUT2D eigenvalue weighted by Gasteiger charge is -2.13. The van der Waals surface area contributed by atoms with E-state index in [9.17, 15) is 0 Å². The summed E-state index contributed by atoms with van der Waals surface area (Å²) in [6, 6.07) is 15.1. The molecular formula is C15H17NS. The van der Waals surface area contributed by atoms with Crippen LogP contribution in [0.4, 0.5) is 5.69 Å². The van der Waals surface area contributed by atoms with Gasteiger partial charge in [-0.1, -0.05) is 36.4 Å². The number of hydrogen-bond acceptors (Lipinski definition) is 2. The molecule has 0 aliphatic carbocycles. The normalized spacial score (nSPS) is 19.6. The van der Waals surface area contributed by atoms with E-state index >= 15 is 0 Å². The Bertz CT molecular complexity index is 498. The maximum Gasteiger partial charge on any atom is 0.0419 e. The predicted molar refractivity (Wildman–Crippen MR) is 77.9 cm³/mol. The molecule has 2 aromatic carbocycles. The second-order valence-corrected chi connectivity index (χ2v) is 5.79. The van der Waals surface area contributed by atoms with Crippen molar-refractivity contribution in [1.29, 1.82) is 0 Å². The second-order valence-electron chi connectivity index (χ2n) is 4.64. The molecule has 0 amide bonds. The van der Waals surface area contributed by atoms with E-state index in [4.69, 9.17) is 0 Å². The van der Waals surface area contributed by atoms with Gasteiger partial charge in [0.25, 0.3) is 0 Å². The molecule has 1 nitrogen and oxygen atoms in total. The summed E-state index contributed by atoms with van der Waals surface area (Å²) in [6.45, 7) is 1.11. The van der Waals surface area contributed by atoms with E-state index in [1.165, 1.54) is 34.4 Å². The standard InChI is InChI=1S/C15H17NS/c1-2-6-14-13(4-1)5-3-7-15(14)16-10-12-8-9-17-11-12/h1-7,12,16H,8-11H2. The summed E-state index contributed by atoms with van der Waals surface area (Å²) in [5, 5.41) is 6.27. The second kappa shape index (κ2) is 5.01. The first-order valence-electron chi connectivity index (χ1n) is 6.23. The third-order valence-corrected chi connectivity index (χ3v) is 4.63. The first-order chi connectivity index (χ1) is 8.43. The number of rotatable bonds is 3. The average Bonchev–Trinajstić information content (AvgIpc) is 2.89. The summed E-state index contributed by atoms with van der Waals surface area (Å²) >= 11 is 2.08. The molecule has 0 radical (unpaired) electrons. The SMILES string of the molecule is c1ccc2c(NCC3CCSC3)cccc2c1. The molecule has 1 aliphatic heterocycles. The topological polar surface area (TPSA) is 12.0 Å². The van der Waals surface area contributed by atoms with Crippen LogP contribution in [-0.2, 0) is 0 Å². The lowest BCUT2D eigenvalue weighted by atomic mass is 10.1. The first-order valence-corrected chi connectivity index (χ1v) is 7.38. The van der Waals surface area contributed by atoms with Crippen molar-refractivity contribution in [3.8, 4) is 0 Å². The van der Waals surface area contributed by atoms with Gasteiger partial charge in [0.15, 0.2) is 0 Å². The molecule has 2 aromatic rings. The summed E-state index contributed by atoms with van der Waals surface area (Å²) in [5.41, 5.74) is 1.28. The molecular weight excluding hydrogens is 226 g/mol. The van der Waals surface area contributed by atoms with Gasteiger partial charge >= 0.3 is 0 Å². The zero-order chi connectivity index (χ0) is 11.5. The fourth-order valence-corrected chi connectivity index (χ4v) is 3.66. The smallest absolute Gasteiger partial charge is 0.0419 e. The van der Waals surface area contributed by atoms with Gasteiger partial charge in [-0.05, 0) is 35.3 Å². The van der Waals surface area contributed by atoms with Crippen LogP contribution in [0, 0.1) is 5.92 Å². The Morgan fingerprint density at radius 1 is 1.12 bits per heavy atom. The van der Waals surface area contributed by atoms with Gasteiger partial charge in [0.2, 0.25) is 0 Å². The van der Waals surface area contributed by atoms with E-state index in [-0.39, 0.29) is 0 Å². The maximum absolute atomic E-state index is 3.62. The third kappa shape index (κ3) is 2.42. The van der Waals surface area contributed by atoms with Crippen molar-refractivity contribution in [2.45, 2.75) is 6.42 Å². The monoisotopic (exact) mass is 243 g/mol. The Hall–Kier alpha value is -1.15. The molecule has 2 heteroatoms. The minimum absolute atomic E-state index is 0.846. The van der Waals surface area contributed by atoms with Crippen molar-refractivity contribution < 1.29 is 0 Å². The third-order valence-electron chi connectivity index (χ3n) is 3.39. The van der Waals surface area contributed by atoms with E-state index < -0.39 is 0 Å². The number of thioether (sulfide) groups is 1.